The first-order chi connectivity index (χ1) is 14.5. The van der Waals surface area contributed by atoms with E-state index in [4.69, 9.17) is 11.5 Å². The zero-order chi connectivity index (χ0) is 21.1. The van der Waals surface area contributed by atoms with Crippen LogP contribution in [0.3, 0.4) is 0 Å². The molecule has 3 aromatic rings. The number of halogens is 1. The molecule has 1 saturated heterocycles. The molecule has 0 aromatic carbocycles. The van der Waals surface area contributed by atoms with Gasteiger partial charge in [0.2, 0.25) is 5.95 Å². The van der Waals surface area contributed by atoms with E-state index in [1.807, 2.05) is 6.07 Å². The highest BCUT2D eigenvalue weighted by Gasteiger charge is 2.21. The molecule has 154 valence electrons. The van der Waals surface area contributed by atoms with Crippen molar-refractivity contribution in [2.24, 2.45) is 5.73 Å². The smallest absolute Gasteiger partial charge is 0.276 e. The van der Waals surface area contributed by atoms with Crippen molar-refractivity contribution >= 4 is 23.0 Å². The van der Waals surface area contributed by atoms with Crippen molar-refractivity contribution in [1.82, 2.24) is 15.0 Å². The first kappa shape index (κ1) is 19.7. The van der Waals surface area contributed by atoms with E-state index in [1.54, 1.807) is 30.6 Å². The minimum Gasteiger partial charge on any atom is -0.397 e. The Morgan fingerprint density at radius 2 is 2.00 bits per heavy atom. The van der Waals surface area contributed by atoms with E-state index in [9.17, 15) is 9.18 Å². The van der Waals surface area contributed by atoms with Crippen LogP contribution in [0.15, 0.2) is 48.8 Å². The summed E-state index contributed by atoms with van der Waals surface area (Å²) in [4.78, 5) is 27.4. The number of aromatic nitrogens is 3. The highest BCUT2D eigenvalue weighted by molar-refractivity contribution is 6.07. The predicted molar refractivity (Wildman–Crippen MR) is 113 cm³/mol. The fourth-order valence-corrected chi connectivity index (χ4v) is 3.51. The summed E-state index contributed by atoms with van der Waals surface area (Å²) in [5.74, 6) is -1.11. The molecule has 4 rings (SSSR count). The molecule has 1 aliphatic heterocycles. The number of anilines is 3. The van der Waals surface area contributed by atoms with Crippen LogP contribution in [-0.4, -0.2) is 40.0 Å². The lowest BCUT2D eigenvalue weighted by molar-refractivity contribution is 0.102. The molecule has 0 spiro atoms. The molecule has 3 aromatic heterocycles. The summed E-state index contributed by atoms with van der Waals surface area (Å²) < 4.78 is 13.5. The maximum Gasteiger partial charge on any atom is 0.276 e. The third-order valence-electron chi connectivity index (χ3n) is 4.96. The number of amides is 1. The van der Waals surface area contributed by atoms with Crippen LogP contribution < -0.4 is 21.7 Å². The molecule has 1 aliphatic rings. The zero-order valence-corrected chi connectivity index (χ0v) is 16.3. The molecule has 1 amide bonds. The summed E-state index contributed by atoms with van der Waals surface area (Å²) in [7, 11) is 0. The maximum atomic E-state index is 13.5. The normalized spacial score (nSPS) is 16.3. The molecule has 1 atom stereocenters. The van der Waals surface area contributed by atoms with Crippen molar-refractivity contribution < 1.29 is 9.18 Å². The second kappa shape index (κ2) is 8.42. The van der Waals surface area contributed by atoms with Gasteiger partial charge in [-0.1, -0.05) is 6.07 Å². The SMILES string of the molecule is Nc1ccc(-c2cccc(F)n2)nc1C(=O)Nc1cnccc1N1CCCC(N)C1. The number of rotatable bonds is 4. The third-order valence-corrected chi connectivity index (χ3v) is 4.96. The van der Waals surface area contributed by atoms with Crippen LogP contribution >= 0.6 is 0 Å². The molecule has 0 aliphatic carbocycles. The Labute approximate surface area is 173 Å². The molecule has 30 heavy (non-hydrogen) atoms. The van der Waals surface area contributed by atoms with Crippen LogP contribution in [-0.2, 0) is 0 Å². The molecule has 1 fully saturated rings. The largest absolute Gasteiger partial charge is 0.397 e. The van der Waals surface area contributed by atoms with E-state index in [0.29, 0.717) is 23.6 Å². The van der Waals surface area contributed by atoms with Gasteiger partial charge in [-0.3, -0.25) is 9.78 Å². The monoisotopic (exact) mass is 407 g/mol. The summed E-state index contributed by atoms with van der Waals surface area (Å²) in [6.45, 7) is 1.55. The second-order valence-electron chi connectivity index (χ2n) is 7.18. The van der Waals surface area contributed by atoms with Crippen LogP contribution in [0, 0.1) is 5.95 Å². The van der Waals surface area contributed by atoms with Crippen molar-refractivity contribution in [3.8, 4) is 11.4 Å². The summed E-state index contributed by atoms with van der Waals surface area (Å²) >= 11 is 0. The number of carbonyl (C=O) groups excluding carboxylic acids is 1. The Balaban J connectivity index is 1.61. The lowest BCUT2D eigenvalue weighted by Crippen LogP contribution is -2.43. The van der Waals surface area contributed by atoms with Gasteiger partial charge in [0.25, 0.3) is 5.91 Å². The van der Waals surface area contributed by atoms with Gasteiger partial charge < -0.3 is 21.7 Å². The molecule has 8 nitrogen and oxygen atoms in total. The van der Waals surface area contributed by atoms with E-state index in [0.717, 1.165) is 25.1 Å². The van der Waals surface area contributed by atoms with Gasteiger partial charge in [-0.2, -0.15) is 4.39 Å². The second-order valence-corrected chi connectivity index (χ2v) is 7.18. The van der Waals surface area contributed by atoms with Crippen molar-refractivity contribution in [3.63, 3.8) is 0 Å². The summed E-state index contributed by atoms with van der Waals surface area (Å²) in [6.07, 6.45) is 5.22. The summed E-state index contributed by atoms with van der Waals surface area (Å²) in [6, 6.07) is 9.46. The van der Waals surface area contributed by atoms with Gasteiger partial charge in [0, 0.05) is 25.3 Å². The van der Waals surface area contributed by atoms with Gasteiger partial charge in [-0.05, 0) is 43.2 Å². The Morgan fingerprint density at radius 1 is 1.17 bits per heavy atom. The molecular weight excluding hydrogens is 385 g/mol. The molecule has 0 bridgehead atoms. The molecule has 0 saturated carbocycles. The lowest BCUT2D eigenvalue weighted by atomic mass is 10.1. The van der Waals surface area contributed by atoms with Gasteiger partial charge in [0.15, 0.2) is 5.69 Å². The number of nitrogens with one attached hydrogen (secondary N) is 1. The van der Waals surface area contributed by atoms with Gasteiger partial charge >= 0.3 is 0 Å². The van der Waals surface area contributed by atoms with E-state index >= 15 is 0 Å². The molecule has 4 heterocycles. The molecule has 1 unspecified atom stereocenters. The average Bonchev–Trinajstić information content (AvgIpc) is 2.74. The highest BCUT2D eigenvalue weighted by atomic mass is 19.1. The van der Waals surface area contributed by atoms with Crippen molar-refractivity contribution in [3.05, 3.63) is 60.4 Å². The van der Waals surface area contributed by atoms with Crippen LogP contribution in [0.25, 0.3) is 11.4 Å². The first-order valence-electron chi connectivity index (χ1n) is 9.66. The van der Waals surface area contributed by atoms with Crippen molar-refractivity contribution in [2.45, 2.75) is 18.9 Å². The fourth-order valence-electron chi connectivity index (χ4n) is 3.51. The van der Waals surface area contributed by atoms with Gasteiger partial charge in [-0.15, -0.1) is 0 Å². The molecule has 9 heteroatoms. The molecule has 0 radical (unpaired) electrons. The number of piperidine rings is 1. The molecule has 5 N–H and O–H groups in total. The number of nitrogen functional groups attached to an aromatic ring is 1. The van der Waals surface area contributed by atoms with Gasteiger partial charge in [-0.25, -0.2) is 9.97 Å². The van der Waals surface area contributed by atoms with Gasteiger partial charge in [0.05, 0.1) is 34.6 Å². The third kappa shape index (κ3) is 4.20. The van der Waals surface area contributed by atoms with E-state index in [2.05, 4.69) is 25.2 Å². The minimum atomic E-state index is -0.628. The number of nitrogens with zero attached hydrogens (tertiary/aromatic N) is 4. The number of pyridine rings is 3. The quantitative estimate of drug-likeness (QED) is 0.568. The Bertz CT molecular complexity index is 1070. The van der Waals surface area contributed by atoms with Crippen molar-refractivity contribution in [2.75, 3.05) is 29.0 Å². The molecular formula is C21H22FN7O. The summed E-state index contributed by atoms with van der Waals surface area (Å²) in [5, 5.41) is 2.85. The van der Waals surface area contributed by atoms with E-state index < -0.39 is 11.9 Å². The number of carbonyl (C=O) groups is 1. The van der Waals surface area contributed by atoms with Crippen LogP contribution in [0.4, 0.5) is 21.5 Å². The summed E-state index contributed by atoms with van der Waals surface area (Å²) in [5.41, 5.74) is 14.4. The average molecular weight is 407 g/mol. The lowest BCUT2D eigenvalue weighted by Gasteiger charge is -2.33. The Hall–Kier alpha value is -3.59. The Kier molecular flexibility index (Phi) is 5.53. The number of nitrogens with two attached hydrogens (primary N) is 2. The predicted octanol–water partition coefficient (Wildman–Crippen LogP) is 2.44. The first-order valence-corrected chi connectivity index (χ1v) is 9.66. The highest BCUT2D eigenvalue weighted by Crippen LogP contribution is 2.28. The van der Waals surface area contributed by atoms with Crippen LogP contribution in [0.5, 0.6) is 0 Å². The van der Waals surface area contributed by atoms with Crippen LogP contribution in [0.2, 0.25) is 0 Å². The fraction of sp³-hybridized carbons (Fsp3) is 0.238. The Morgan fingerprint density at radius 3 is 2.80 bits per heavy atom. The maximum absolute atomic E-state index is 13.5. The zero-order valence-electron chi connectivity index (χ0n) is 16.3. The van der Waals surface area contributed by atoms with Crippen LogP contribution in [0.1, 0.15) is 23.3 Å². The number of hydrogen-bond acceptors (Lipinski definition) is 7. The minimum absolute atomic E-state index is 0.0312. The number of hydrogen-bond donors (Lipinski definition) is 3. The van der Waals surface area contributed by atoms with E-state index in [1.165, 1.54) is 12.1 Å². The van der Waals surface area contributed by atoms with Crippen molar-refractivity contribution in [1.29, 1.82) is 0 Å². The standard InChI is InChI=1S/C21H22FN7O/c22-19-5-1-4-15(26-19)16-7-6-14(24)20(27-16)21(30)28-17-11-25-9-8-18(17)29-10-2-3-13(23)12-29/h1,4-9,11,13H,2-3,10,12,23-24H2,(H,28,30). The topological polar surface area (TPSA) is 123 Å². The van der Waals surface area contributed by atoms with E-state index in [-0.39, 0.29) is 17.4 Å². The van der Waals surface area contributed by atoms with Gasteiger partial charge in [0.1, 0.15) is 0 Å².